The van der Waals surface area contributed by atoms with E-state index in [0.29, 0.717) is 5.92 Å². The summed E-state index contributed by atoms with van der Waals surface area (Å²) in [6.07, 6.45) is 3.34. The second-order valence-corrected chi connectivity index (χ2v) is 4.99. The Hall–Kier alpha value is -1.81. The molecule has 1 heterocycles. The zero-order valence-corrected chi connectivity index (χ0v) is 11.8. The van der Waals surface area contributed by atoms with Crippen molar-refractivity contribution in [3.05, 3.63) is 35.4 Å². The molecule has 0 saturated carbocycles. The lowest BCUT2D eigenvalue weighted by atomic mass is 10.0. The highest BCUT2D eigenvalue weighted by atomic mass is 16.7. The lowest BCUT2D eigenvalue weighted by Crippen LogP contribution is -2.27. The Morgan fingerprint density at radius 3 is 2.50 bits per heavy atom. The Balaban J connectivity index is 1.89. The molecule has 0 aromatic heterocycles. The van der Waals surface area contributed by atoms with Gasteiger partial charge in [-0.05, 0) is 18.6 Å². The van der Waals surface area contributed by atoms with Crippen molar-refractivity contribution in [2.45, 2.75) is 32.5 Å². The van der Waals surface area contributed by atoms with E-state index in [0.717, 1.165) is 24.3 Å². The number of benzene rings is 1. The van der Waals surface area contributed by atoms with Gasteiger partial charge in [0.15, 0.2) is 12.4 Å². The van der Waals surface area contributed by atoms with E-state index in [9.17, 15) is 0 Å². The van der Waals surface area contributed by atoms with Crippen LogP contribution in [0.4, 0.5) is 0 Å². The summed E-state index contributed by atoms with van der Waals surface area (Å²) in [5, 5.41) is 8.41. The zero-order valence-electron chi connectivity index (χ0n) is 11.8. The molecule has 1 aromatic carbocycles. The second kappa shape index (κ2) is 7.70. The molecule has 0 aliphatic carbocycles. The van der Waals surface area contributed by atoms with Crippen molar-refractivity contribution < 1.29 is 9.47 Å². The lowest BCUT2D eigenvalue weighted by Gasteiger charge is -2.29. The molecule has 0 spiro atoms. The summed E-state index contributed by atoms with van der Waals surface area (Å²) in [6.45, 7) is 3.73. The summed E-state index contributed by atoms with van der Waals surface area (Å²) in [7, 11) is 0. The van der Waals surface area contributed by atoms with Gasteiger partial charge < -0.3 is 9.47 Å². The Morgan fingerprint density at radius 2 is 1.90 bits per heavy atom. The monoisotopic (exact) mass is 269 g/mol. The smallest absolute Gasteiger partial charge is 0.183 e. The van der Waals surface area contributed by atoms with Gasteiger partial charge in [0.05, 0.1) is 13.2 Å². The minimum absolute atomic E-state index is 0.272. The van der Waals surface area contributed by atoms with Crippen LogP contribution in [0, 0.1) is 29.1 Å². The Bertz CT molecular complexity index is 511. The van der Waals surface area contributed by atoms with Crippen LogP contribution in [-0.4, -0.2) is 13.2 Å². The third-order valence-corrected chi connectivity index (χ3v) is 3.38. The van der Waals surface area contributed by atoms with Gasteiger partial charge in [-0.1, -0.05) is 37.8 Å². The molecule has 1 aliphatic rings. The highest BCUT2D eigenvalue weighted by Crippen LogP contribution is 2.27. The quantitative estimate of drug-likeness (QED) is 0.787. The first-order valence-corrected chi connectivity index (χ1v) is 7.06. The fourth-order valence-electron chi connectivity index (χ4n) is 2.22. The van der Waals surface area contributed by atoms with Crippen LogP contribution in [0.2, 0.25) is 0 Å². The van der Waals surface area contributed by atoms with Crippen LogP contribution >= 0.6 is 0 Å². The van der Waals surface area contributed by atoms with Crippen molar-refractivity contribution in [2.24, 2.45) is 5.92 Å². The van der Waals surface area contributed by atoms with Gasteiger partial charge in [-0.15, -0.1) is 0 Å². The van der Waals surface area contributed by atoms with Gasteiger partial charge in [0.25, 0.3) is 0 Å². The van der Waals surface area contributed by atoms with Gasteiger partial charge in [-0.25, -0.2) is 0 Å². The minimum atomic E-state index is -0.272. The topological polar surface area (TPSA) is 42.2 Å². The third kappa shape index (κ3) is 4.10. The van der Waals surface area contributed by atoms with Gasteiger partial charge in [-0.3, -0.25) is 0 Å². The molecule has 104 valence electrons. The summed E-state index contributed by atoms with van der Waals surface area (Å²) < 4.78 is 11.6. The van der Waals surface area contributed by atoms with Crippen molar-refractivity contribution in [1.82, 2.24) is 0 Å². The van der Waals surface area contributed by atoms with Gasteiger partial charge in [0, 0.05) is 23.0 Å². The minimum Gasteiger partial charge on any atom is -0.348 e. The fourth-order valence-corrected chi connectivity index (χ4v) is 2.22. The van der Waals surface area contributed by atoms with E-state index in [4.69, 9.17) is 14.7 Å². The van der Waals surface area contributed by atoms with Gasteiger partial charge >= 0.3 is 0 Å². The maximum Gasteiger partial charge on any atom is 0.183 e. The average Bonchev–Trinajstić information content (AvgIpc) is 2.52. The van der Waals surface area contributed by atoms with Crippen LogP contribution in [0.3, 0.4) is 0 Å². The Kier molecular flexibility index (Phi) is 5.62. The molecular formula is C17H19NO2. The van der Waals surface area contributed by atoms with E-state index < -0.39 is 0 Å². The third-order valence-electron chi connectivity index (χ3n) is 3.38. The first kappa shape index (κ1) is 14.6. The largest absolute Gasteiger partial charge is 0.348 e. The number of nitrogens with zero attached hydrogens (tertiary/aromatic N) is 1. The highest BCUT2D eigenvalue weighted by molar-refractivity contribution is 5.39. The van der Waals surface area contributed by atoms with Crippen LogP contribution in [-0.2, 0) is 9.47 Å². The molecule has 2 rings (SSSR count). The lowest BCUT2D eigenvalue weighted by molar-refractivity contribution is -0.206. The summed E-state index contributed by atoms with van der Waals surface area (Å²) >= 11 is 0. The molecule has 0 unspecified atom stereocenters. The molecule has 0 radical (unpaired) electrons. The van der Waals surface area contributed by atoms with Crippen LogP contribution in [0.25, 0.3) is 0 Å². The van der Waals surface area contributed by atoms with Gasteiger partial charge in [0.2, 0.25) is 0 Å². The van der Waals surface area contributed by atoms with E-state index in [1.807, 2.05) is 24.3 Å². The standard InChI is InChI=1S/C17H19NO2/c1-2-3-5-15-12-19-17(20-13-15)16-9-7-14(8-10-16)6-4-11-18/h7-10,15,17H,2-3,5,12-13H2,1H3. The number of rotatable bonds is 4. The summed E-state index contributed by atoms with van der Waals surface area (Å²) in [5.41, 5.74) is 1.83. The predicted molar refractivity (Wildman–Crippen MR) is 76.6 cm³/mol. The highest BCUT2D eigenvalue weighted by Gasteiger charge is 2.22. The normalized spacial score (nSPS) is 21.6. The second-order valence-electron chi connectivity index (χ2n) is 4.99. The molecule has 3 nitrogen and oxygen atoms in total. The zero-order chi connectivity index (χ0) is 14.2. The molecule has 1 saturated heterocycles. The Labute approximate surface area is 120 Å². The van der Waals surface area contributed by atoms with Crippen LogP contribution in [0.5, 0.6) is 0 Å². The van der Waals surface area contributed by atoms with Gasteiger partial charge in [-0.2, -0.15) is 5.26 Å². The number of nitriles is 1. The maximum atomic E-state index is 8.41. The molecule has 1 aromatic rings. The van der Waals surface area contributed by atoms with Crippen molar-refractivity contribution in [2.75, 3.05) is 13.2 Å². The van der Waals surface area contributed by atoms with Crippen LogP contribution in [0.1, 0.15) is 43.6 Å². The number of ether oxygens (including phenoxy) is 2. The van der Waals surface area contributed by atoms with Crippen LogP contribution < -0.4 is 0 Å². The number of hydrogen-bond donors (Lipinski definition) is 0. The molecule has 1 aliphatic heterocycles. The fraction of sp³-hybridized carbons (Fsp3) is 0.471. The molecular weight excluding hydrogens is 250 g/mol. The first-order valence-electron chi connectivity index (χ1n) is 7.06. The molecule has 0 bridgehead atoms. The van der Waals surface area contributed by atoms with E-state index in [-0.39, 0.29) is 6.29 Å². The number of hydrogen-bond acceptors (Lipinski definition) is 3. The van der Waals surface area contributed by atoms with E-state index in [2.05, 4.69) is 18.8 Å². The molecule has 0 amide bonds. The number of unbranched alkanes of at least 4 members (excludes halogenated alkanes) is 1. The molecule has 20 heavy (non-hydrogen) atoms. The Morgan fingerprint density at radius 1 is 1.20 bits per heavy atom. The summed E-state index contributed by atoms with van der Waals surface area (Å²) in [5.74, 6) is 5.66. The summed E-state index contributed by atoms with van der Waals surface area (Å²) in [4.78, 5) is 0. The maximum absolute atomic E-state index is 8.41. The van der Waals surface area contributed by atoms with Crippen molar-refractivity contribution >= 4 is 0 Å². The van der Waals surface area contributed by atoms with E-state index in [1.54, 1.807) is 6.07 Å². The molecule has 0 atom stereocenters. The van der Waals surface area contributed by atoms with Gasteiger partial charge in [0.1, 0.15) is 0 Å². The SMILES string of the molecule is CCCCC1COC(c2ccc(C#CC#N)cc2)OC1. The predicted octanol–water partition coefficient (Wildman–Crippen LogP) is 3.41. The average molecular weight is 269 g/mol. The summed E-state index contributed by atoms with van der Waals surface area (Å²) in [6, 6.07) is 9.46. The van der Waals surface area contributed by atoms with E-state index >= 15 is 0 Å². The van der Waals surface area contributed by atoms with Crippen molar-refractivity contribution in [1.29, 1.82) is 5.26 Å². The molecule has 3 heteroatoms. The molecule has 1 fully saturated rings. The van der Waals surface area contributed by atoms with Crippen molar-refractivity contribution in [3.8, 4) is 17.9 Å². The van der Waals surface area contributed by atoms with E-state index in [1.165, 1.54) is 19.3 Å². The van der Waals surface area contributed by atoms with Crippen molar-refractivity contribution in [3.63, 3.8) is 0 Å². The first-order chi connectivity index (χ1) is 9.83. The van der Waals surface area contributed by atoms with Crippen LogP contribution in [0.15, 0.2) is 24.3 Å². The molecule has 0 N–H and O–H groups in total.